The Bertz CT molecular complexity index is 939. The van der Waals surface area contributed by atoms with E-state index < -0.39 is 0 Å². The molecule has 4 aromatic heterocycles. The molecule has 4 rings (SSSR count). The van der Waals surface area contributed by atoms with Crippen LogP contribution in [-0.4, -0.2) is 25.1 Å². The molecule has 0 aliphatic heterocycles. The molecule has 0 aliphatic carbocycles. The second-order valence-electron chi connectivity index (χ2n) is 4.92. The first kappa shape index (κ1) is 14.4. The van der Waals surface area contributed by atoms with Crippen molar-refractivity contribution < 1.29 is 0 Å². The van der Waals surface area contributed by atoms with E-state index in [0.717, 1.165) is 27.8 Å². The summed E-state index contributed by atoms with van der Waals surface area (Å²) < 4.78 is 0. The first-order valence-corrected chi connectivity index (χ1v) is 8.14. The van der Waals surface area contributed by atoms with Crippen LogP contribution in [0.3, 0.4) is 0 Å². The van der Waals surface area contributed by atoms with Crippen LogP contribution in [0.4, 0.5) is 10.9 Å². The summed E-state index contributed by atoms with van der Waals surface area (Å²) in [5.74, 6) is 0.708. The quantitative estimate of drug-likeness (QED) is 0.612. The van der Waals surface area contributed by atoms with Gasteiger partial charge in [0.25, 0.3) is 0 Å². The van der Waals surface area contributed by atoms with E-state index in [1.54, 1.807) is 18.6 Å². The van der Waals surface area contributed by atoms with Crippen molar-refractivity contribution in [3.05, 3.63) is 66.4 Å². The third kappa shape index (κ3) is 3.11. The largest absolute Gasteiger partial charge is 0.316 e. The average Bonchev–Trinajstić information content (AvgIpc) is 3.12. The van der Waals surface area contributed by atoms with Crippen LogP contribution < -0.4 is 5.32 Å². The van der Waals surface area contributed by atoms with Crippen molar-refractivity contribution in [3.8, 4) is 22.6 Å². The second-order valence-corrected chi connectivity index (χ2v) is 5.77. The van der Waals surface area contributed by atoms with E-state index in [2.05, 4.69) is 30.5 Å². The number of anilines is 2. The van der Waals surface area contributed by atoms with Crippen LogP contribution in [0.5, 0.6) is 0 Å². The van der Waals surface area contributed by atoms with Gasteiger partial charge < -0.3 is 5.32 Å². The van der Waals surface area contributed by atoms with Gasteiger partial charge in [0.1, 0.15) is 11.5 Å². The lowest BCUT2D eigenvalue weighted by molar-refractivity contribution is 1.04. The van der Waals surface area contributed by atoms with Gasteiger partial charge in [-0.15, -0.1) is 11.3 Å². The van der Waals surface area contributed by atoms with Crippen molar-refractivity contribution in [3.63, 3.8) is 0 Å². The zero-order chi connectivity index (χ0) is 16.2. The van der Waals surface area contributed by atoms with Crippen LogP contribution in [0, 0.1) is 0 Å². The number of rotatable bonds is 4. The van der Waals surface area contributed by atoms with Gasteiger partial charge >= 0.3 is 0 Å². The molecule has 7 heteroatoms. The third-order valence-electron chi connectivity index (χ3n) is 3.29. The molecule has 4 aromatic rings. The van der Waals surface area contributed by atoms with E-state index in [4.69, 9.17) is 0 Å². The molecule has 0 saturated heterocycles. The molecule has 6 nitrogen and oxygen atoms in total. The van der Waals surface area contributed by atoms with Crippen molar-refractivity contribution >= 4 is 22.3 Å². The predicted molar refractivity (Wildman–Crippen MR) is 93.9 cm³/mol. The molecule has 0 unspecified atom stereocenters. The first-order chi connectivity index (χ1) is 11.9. The highest BCUT2D eigenvalue weighted by molar-refractivity contribution is 7.14. The lowest BCUT2D eigenvalue weighted by atomic mass is 10.2. The summed E-state index contributed by atoms with van der Waals surface area (Å²) in [5.41, 5.74) is 3.44. The van der Waals surface area contributed by atoms with Crippen LogP contribution >= 0.6 is 11.3 Å². The van der Waals surface area contributed by atoms with Crippen LogP contribution in [0.25, 0.3) is 22.6 Å². The number of hydrogen-bond donors (Lipinski definition) is 1. The Morgan fingerprint density at radius 1 is 0.833 bits per heavy atom. The van der Waals surface area contributed by atoms with Crippen molar-refractivity contribution in [2.24, 2.45) is 0 Å². The summed E-state index contributed by atoms with van der Waals surface area (Å²) >= 11 is 1.51. The van der Waals surface area contributed by atoms with Gasteiger partial charge in [-0.25, -0.2) is 9.97 Å². The molecule has 1 N–H and O–H groups in total. The zero-order valence-electron chi connectivity index (χ0n) is 12.5. The fourth-order valence-corrected chi connectivity index (χ4v) is 2.90. The molecule has 4 heterocycles. The summed E-state index contributed by atoms with van der Waals surface area (Å²) in [6, 6.07) is 13.4. The number of pyridine rings is 2. The zero-order valence-corrected chi connectivity index (χ0v) is 13.3. The molecule has 0 bridgehead atoms. The molecule has 0 fully saturated rings. The number of thiazole rings is 1. The van der Waals surface area contributed by atoms with E-state index in [-0.39, 0.29) is 0 Å². The summed E-state index contributed by atoms with van der Waals surface area (Å²) in [6.07, 6.45) is 5.14. The minimum Gasteiger partial charge on any atom is -0.316 e. The van der Waals surface area contributed by atoms with E-state index in [1.165, 1.54) is 11.3 Å². The van der Waals surface area contributed by atoms with Gasteiger partial charge in [-0.3, -0.25) is 4.98 Å². The summed E-state index contributed by atoms with van der Waals surface area (Å²) in [6.45, 7) is 0. The van der Waals surface area contributed by atoms with Gasteiger partial charge in [0, 0.05) is 29.5 Å². The van der Waals surface area contributed by atoms with E-state index in [0.29, 0.717) is 5.82 Å². The van der Waals surface area contributed by atoms with Crippen molar-refractivity contribution in [2.45, 2.75) is 0 Å². The molecule has 0 radical (unpaired) electrons. The number of aromatic nitrogens is 5. The Morgan fingerprint density at radius 2 is 1.79 bits per heavy atom. The second kappa shape index (κ2) is 6.51. The number of hydrogen-bond acceptors (Lipinski definition) is 7. The highest BCUT2D eigenvalue weighted by Crippen LogP contribution is 2.26. The first-order valence-electron chi connectivity index (χ1n) is 7.26. The lowest BCUT2D eigenvalue weighted by Gasteiger charge is -2.04. The summed E-state index contributed by atoms with van der Waals surface area (Å²) in [5, 5.41) is 14.0. The number of nitrogens with one attached hydrogen (secondary N) is 1. The summed E-state index contributed by atoms with van der Waals surface area (Å²) in [4.78, 5) is 13.2. The van der Waals surface area contributed by atoms with Crippen LogP contribution in [0.1, 0.15) is 0 Å². The Labute approximate surface area is 142 Å². The molecule has 0 atom stereocenters. The predicted octanol–water partition coefficient (Wildman–Crippen LogP) is 3.80. The summed E-state index contributed by atoms with van der Waals surface area (Å²) in [7, 11) is 0. The SMILES string of the molecule is c1ccc(-c2csc(Nc3cc(-c4cccnn4)ccn3)n2)nc1. The monoisotopic (exact) mass is 332 g/mol. The Morgan fingerprint density at radius 3 is 2.62 bits per heavy atom. The molecule has 116 valence electrons. The maximum Gasteiger partial charge on any atom is 0.188 e. The van der Waals surface area contributed by atoms with Gasteiger partial charge in [0.2, 0.25) is 0 Å². The highest BCUT2D eigenvalue weighted by atomic mass is 32.1. The van der Waals surface area contributed by atoms with Gasteiger partial charge in [0.15, 0.2) is 5.13 Å². The Hall–Kier alpha value is -3.19. The molecule has 0 aromatic carbocycles. The van der Waals surface area contributed by atoms with Gasteiger partial charge in [0.05, 0.1) is 11.4 Å². The molecule has 0 saturated carbocycles. The smallest absolute Gasteiger partial charge is 0.188 e. The Balaban J connectivity index is 1.57. The maximum atomic E-state index is 4.56. The topological polar surface area (TPSA) is 76.5 Å². The third-order valence-corrected chi connectivity index (χ3v) is 4.05. The molecule has 24 heavy (non-hydrogen) atoms. The average molecular weight is 332 g/mol. The molecule has 0 aliphatic rings. The minimum absolute atomic E-state index is 0.708. The van der Waals surface area contributed by atoms with Gasteiger partial charge in [-0.1, -0.05) is 6.07 Å². The number of nitrogens with zero attached hydrogens (tertiary/aromatic N) is 5. The molecule has 0 amide bonds. The van der Waals surface area contributed by atoms with Crippen molar-refractivity contribution in [1.29, 1.82) is 0 Å². The molecule has 0 spiro atoms. The molecular formula is C17H12N6S. The van der Waals surface area contributed by atoms with Crippen molar-refractivity contribution in [1.82, 2.24) is 25.1 Å². The van der Waals surface area contributed by atoms with Gasteiger partial charge in [-0.2, -0.15) is 10.2 Å². The fourth-order valence-electron chi connectivity index (χ4n) is 2.19. The van der Waals surface area contributed by atoms with E-state index in [1.807, 2.05) is 47.8 Å². The maximum absolute atomic E-state index is 4.56. The van der Waals surface area contributed by atoms with E-state index >= 15 is 0 Å². The minimum atomic E-state index is 0.708. The van der Waals surface area contributed by atoms with Crippen LogP contribution in [0.2, 0.25) is 0 Å². The van der Waals surface area contributed by atoms with Crippen LogP contribution in [-0.2, 0) is 0 Å². The van der Waals surface area contributed by atoms with E-state index in [9.17, 15) is 0 Å². The fraction of sp³-hybridized carbons (Fsp3) is 0. The van der Waals surface area contributed by atoms with Crippen LogP contribution in [0.15, 0.2) is 66.4 Å². The van der Waals surface area contributed by atoms with Gasteiger partial charge in [-0.05, 0) is 36.4 Å². The van der Waals surface area contributed by atoms with Crippen molar-refractivity contribution in [2.75, 3.05) is 5.32 Å². The highest BCUT2D eigenvalue weighted by Gasteiger charge is 2.07. The lowest BCUT2D eigenvalue weighted by Crippen LogP contribution is -1.94. The Kier molecular flexibility index (Phi) is 3.91. The molecular weight excluding hydrogens is 320 g/mol. The standard InChI is InChI=1S/C17H12N6S/c1-2-7-18-14(4-1)15-11-24-17(21-15)22-16-10-12(6-9-19-16)13-5-3-8-20-23-13/h1-11H,(H,19,21,22). The normalized spacial score (nSPS) is 10.5.